The Morgan fingerprint density at radius 1 is 0.962 bits per heavy atom. The van der Waals surface area contributed by atoms with Crippen molar-refractivity contribution in [2.75, 3.05) is 10.6 Å². The molecule has 5 heteroatoms. The fourth-order valence-corrected chi connectivity index (χ4v) is 2.75. The molecule has 0 atom stereocenters. The van der Waals surface area contributed by atoms with Gasteiger partial charge in [-0.25, -0.2) is 9.97 Å². The number of nitrogens with zero attached hydrogens (tertiary/aromatic N) is 2. The van der Waals surface area contributed by atoms with Crippen LogP contribution in [0, 0.1) is 6.92 Å². The third kappa shape index (κ3) is 4.25. The van der Waals surface area contributed by atoms with E-state index in [2.05, 4.69) is 33.6 Å². The Balaban J connectivity index is 1.86. The Bertz CT molecular complexity index is 937. The van der Waals surface area contributed by atoms with Gasteiger partial charge >= 0.3 is 0 Å². The minimum atomic E-state index is 0.0334. The lowest BCUT2D eigenvalue weighted by Gasteiger charge is -2.13. The SMILES string of the molecule is CCc1ccccc1Nc1cc(Nc2cccc(C(C)=O)c2)nc(C)n1. The van der Waals surface area contributed by atoms with Crippen molar-refractivity contribution >= 4 is 28.8 Å². The van der Waals surface area contributed by atoms with Crippen molar-refractivity contribution in [2.24, 2.45) is 0 Å². The first-order valence-electron chi connectivity index (χ1n) is 8.64. The van der Waals surface area contributed by atoms with Crippen LogP contribution >= 0.6 is 0 Å². The number of hydrogen-bond donors (Lipinski definition) is 2. The first-order valence-corrected chi connectivity index (χ1v) is 8.64. The molecule has 132 valence electrons. The maximum absolute atomic E-state index is 11.6. The number of benzene rings is 2. The lowest BCUT2D eigenvalue weighted by Crippen LogP contribution is -2.03. The summed E-state index contributed by atoms with van der Waals surface area (Å²) in [6.45, 7) is 5.54. The number of nitrogens with one attached hydrogen (secondary N) is 2. The van der Waals surface area contributed by atoms with Crippen LogP contribution in [0.2, 0.25) is 0 Å². The van der Waals surface area contributed by atoms with Crippen molar-refractivity contribution in [1.82, 2.24) is 9.97 Å². The van der Waals surface area contributed by atoms with Gasteiger partial charge in [-0.1, -0.05) is 37.3 Å². The molecule has 0 aliphatic heterocycles. The van der Waals surface area contributed by atoms with Gasteiger partial charge in [-0.15, -0.1) is 0 Å². The van der Waals surface area contributed by atoms with E-state index in [4.69, 9.17) is 0 Å². The highest BCUT2D eigenvalue weighted by atomic mass is 16.1. The molecule has 0 unspecified atom stereocenters. The normalized spacial score (nSPS) is 10.4. The minimum absolute atomic E-state index is 0.0334. The van der Waals surface area contributed by atoms with E-state index in [1.54, 1.807) is 13.0 Å². The predicted molar refractivity (Wildman–Crippen MR) is 106 cm³/mol. The molecule has 5 nitrogen and oxygen atoms in total. The van der Waals surface area contributed by atoms with Crippen LogP contribution in [0.4, 0.5) is 23.0 Å². The van der Waals surface area contributed by atoms with Gasteiger partial charge in [0.05, 0.1) is 0 Å². The second-order valence-corrected chi connectivity index (χ2v) is 6.08. The summed E-state index contributed by atoms with van der Waals surface area (Å²) in [5, 5.41) is 6.63. The standard InChI is InChI=1S/C21H22N4O/c1-4-16-8-5-6-11-19(16)25-21-13-20(22-15(3)23-21)24-18-10-7-9-17(12-18)14(2)26/h5-13H,4H2,1-3H3,(H2,22,23,24,25). The van der Waals surface area contributed by atoms with Gasteiger partial charge in [-0.05, 0) is 44.0 Å². The number of aryl methyl sites for hydroxylation is 2. The molecule has 0 radical (unpaired) electrons. The van der Waals surface area contributed by atoms with Crippen LogP contribution in [0.3, 0.4) is 0 Å². The summed E-state index contributed by atoms with van der Waals surface area (Å²) >= 11 is 0. The molecule has 1 heterocycles. The molecule has 0 aliphatic carbocycles. The van der Waals surface area contributed by atoms with E-state index < -0.39 is 0 Å². The van der Waals surface area contributed by atoms with Crippen molar-refractivity contribution in [1.29, 1.82) is 0 Å². The highest BCUT2D eigenvalue weighted by Gasteiger charge is 2.06. The Kier molecular flexibility index (Phi) is 5.27. The van der Waals surface area contributed by atoms with Gasteiger partial charge in [0.15, 0.2) is 5.78 Å². The van der Waals surface area contributed by atoms with Crippen molar-refractivity contribution in [3.63, 3.8) is 0 Å². The summed E-state index contributed by atoms with van der Waals surface area (Å²) in [4.78, 5) is 20.5. The van der Waals surface area contributed by atoms with E-state index in [0.717, 1.165) is 23.6 Å². The molecule has 0 aliphatic rings. The third-order valence-electron chi connectivity index (χ3n) is 4.04. The molecule has 0 bridgehead atoms. The number of para-hydroxylation sites is 1. The van der Waals surface area contributed by atoms with Gasteiger partial charge in [0.1, 0.15) is 17.5 Å². The number of ketones is 1. The summed E-state index contributed by atoms with van der Waals surface area (Å²) in [6, 6.07) is 17.4. The molecule has 0 spiro atoms. The van der Waals surface area contributed by atoms with Crippen LogP contribution < -0.4 is 10.6 Å². The summed E-state index contributed by atoms with van der Waals surface area (Å²) in [6.07, 6.45) is 0.941. The number of anilines is 4. The molecular formula is C21H22N4O. The zero-order chi connectivity index (χ0) is 18.5. The lowest BCUT2D eigenvalue weighted by atomic mass is 10.1. The molecule has 3 aromatic rings. The zero-order valence-electron chi connectivity index (χ0n) is 15.2. The molecular weight excluding hydrogens is 324 g/mol. The average molecular weight is 346 g/mol. The molecule has 26 heavy (non-hydrogen) atoms. The molecule has 1 aromatic heterocycles. The van der Waals surface area contributed by atoms with E-state index in [0.29, 0.717) is 17.2 Å². The highest BCUT2D eigenvalue weighted by molar-refractivity contribution is 5.95. The quantitative estimate of drug-likeness (QED) is 0.612. The summed E-state index contributed by atoms with van der Waals surface area (Å²) in [5.41, 5.74) is 3.75. The number of carbonyl (C=O) groups is 1. The topological polar surface area (TPSA) is 66.9 Å². The number of hydrogen-bond acceptors (Lipinski definition) is 5. The van der Waals surface area contributed by atoms with Crippen molar-refractivity contribution in [2.45, 2.75) is 27.2 Å². The van der Waals surface area contributed by atoms with E-state index in [1.165, 1.54) is 5.56 Å². The second kappa shape index (κ2) is 7.78. The van der Waals surface area contributed by atoms with Crippen LogP contribution in [0.25, 0.3) is 0 Å². The second-order valence-electron chi connectivity index (χ2n) is 6.08. The zero-order valence-corrected chi connectivity index (χ0v) is 15.2. The van der Waals surface area contributed by atoms with Crippen LogP contribution in [-0.2, 0) is 6.42 Å². The molecule has 3 rings (SSSR count). The summed E-state index contributed by atoms with van der Waals surface area (Å²) in [7, 11) is 0. The fraction of sp³-hybridized carbons (Fsp3) is 0.190. The number of rotatable bonds is 6. The molecule has 0 saturated carbocycles. The molecule has 2 aromatic carbocycles. The Morgan fingerprint density at radius 2 is 1.69 bits per heavy atom. The average Bonchev–Trinajstić information content (AvgIpc) is 2.62. The van der Waals surface area contributed by atoms with Gasteiger partial charge in [-0.2, -0.15) is 0 Å². The van der Waals surface area contributed by atoms with Crippen LogP contribution in [-0.4, -0.2) is 15.8 Å². The molecule has 0 amide bonds. The fourth-order valence-electron chi connectivity index (χ4n) is 2.75. The molecule has 2 N–H and O–H groups in total. The van der Waals surface area contributed by atoms with Crippen molar-refractivity contribution in [3.8, 4) is 0 Å². The van der Waals surface area contributed by atoms with Gasteiger partial charge in [0.25, 0.3) is 0 Å². The van der Waals surface area contributed by atoms with Gasteiger partial charge < -0.3 is 10.6 Å². The smallest absolute Gasteiger partial charge is 0.159 e. The van der Waals surface area contributed by atoms with Crippen molar-refractivity contribution < 1.29 is 4.79 Å². The number of Topliss-reactive ketones (excluding diaryl/α,β-unsaturated/α-hetero) is 1. The Labute approximate surface area is 153 Å². The largest absolute Gasteiger partial charge is 0.340 e. The Morgan fingerprint density at radius 3 is 2.42 bits per heavy atom. The van der Waals surface area contributed by atoms with Gasteiger partial charge in [0.2, 0.25) is 0 Å². The van der Waals surface area contributed by atoms with Crippen molar-refractivity contribution in [3.05, 3.63) is 71.5 Å². The highest BCUT2D eigenvalue weighted by Crippen LogP contribution is 2.23. The van der Waals surface area contributed by atoms with Crippen LogP contribution in [0.5, 0.6) is 0 Å². The van der Waals surface area contributed by atoms with Gasteiger partial charge in [-0.3, -0.25) is 4.79 Å². The number of aromatic nitrogens is 2. The Hall–Kier alpha value is -3.21. The maximum atomic E-state index is 11.6. The molecule has 0 fully saturated rings. The van der Waals surface area contributed by atoms with Crippen LogP contribution in [0.1, 0.15) is 35.6 Å². The molecule has 0 saturated heterocycles. The van der Waals surface area contributed by atoms with E-state index in [1.807, 2.05) is 49.4 Å². The maximum Gasteiger partial charge on any atom is 0.159 e. The third-order valence-corrected chi connectivity index (χ3v) is 4.04. The van der Waals surface area contributed by atoms with Crippen LogP contribution in [0.15, 0.2) is 54.6 Å². The van der Waals surface area contributed by atoms with E-state index >= 15 is 0 Å². The van der Waals surface area contributed by atoms with E-state index in [9.17, 15) is 4.79 Å². The monoisotopic (exact) mass is 346 g/mol. The lowest BCUT2D eigenvalue weighted by molar-refractivity contribution is 0.101. The first kappa shape index (κ1) is 17.6. The summed E-state index contributed by atoms with van der Waals surface area (Å²) < 4.78 is 0. The number of carbonyl (C=O) groups excluding carboxylic acids is 1. The first-order chi connectivity index (χ1) is 12.5. The van der Waals surface area contributed by atoms with E-state index in [-0.39, 0.29) is 5.78 Å². The predicted octanol–water partition coefficient (Wildman–Crippen LogP) is 5.04. The summed E-state index contributed by atoms with van der Waals surface area (Å²) in [5.74, 6) is 2.10. The minimum Gasteiger partial charge on any atom is -0.340 e. The van der Waals surface area contributed by atoms with Gasteiger partial charge in [0, 0.05) is 23.0 Å².